The van der Waals surface area contributed by atoms with Gasteiger partial charge in [0.2, 0.25) is 0 Å². The highest BCUT2D eigenvalue weighted by Gasteiger charge is 2.26. The quantitative estimate of drug-likeness (QED) is 0.291. The van der Waals surface area contributed by atoms with E-state index in [9.17, 15) is 15.5 Å². The zero-order chi connectivity index (χ0) is 24.5. The van der Waals surface area contributed by atoms with Gasteiger partial charge in [0.15, 0.2) is 5.82 Å². The molecular weight excluding hydrogens is 458 g/mol. The van der Waals surface area contributed by atoms with E-state index in [1.807, 2.05) is 0 Å². The average molecular weight is 482 g/mol. The van der Waals surface area contributed by atoms with E-state index in [0.29, 0.717) is 28.8 Å². The monoisotopic (exact) mass is 481 g/mol. The van der Waals surface area contributed by atoms with Crippen LogP contribution >= 0.6 is 11.6 Å². The van der Waals surface area contributed by atoms with Gasteiger partial charge in [-0.2, -0.15) is 10.2 Å². The number of rotatable bonds is 9. The van der Waals surface area contributed by atoms with Crippen LogP contribution in [0.25, 0.3) is 10.5 Å². The van der Waals surface area contributed by atoms with Gasteiger partial charge in [-0.05, 0) is 38.8 Å². The lowest BCUT2D eigenvalue weighted by atomic mass is 10.0. The number of hydrogen-bond acceptors (Lipinski definition) is 9. The van der Waals surface area contributed by atoms with Gasteiger partial charge in [0.25, 0.3) is 17.4 Å². The van der Waals surface area contributed by atoms with Gasteiger partial charge in [-0.3, -0.25) is 0 Å². The topological polar surface area (TPSA) is 148 Å². The number of nitriles is 1. The molecule has 1 aliphatic rings. The second-order valence-corrected chi connectivity index (χ2v) is 9.15. The van der Waals surface area contributed by atoms with Crippen molar-refractivity contribution in [2.45, 2.75) is 44.4 Å². The molecule has 0 saturated heterocycles. The summed E-state index contributed by atoms with van der Waals surface area (Å²) < 4.78 is 1.39. The van der Waals surface area contributed by atoms with Crippen molar-refractivity contribution in [1.82, 2.24) is 24.9 Å². The summed E-state index contributed by atoms with van der Waals surface area (Å²) >= 11 is 6.61. The predicted octanol–water partition coefficient (Wildman–Crippen LogP) is 2.91. The van der Waals surface area contributed by atoms with Crippen LogP contribution in [-0.4, -0.2) is 54.5 Å². The second kappa shape index (κ2) is 9.41. The van der Waals surface area contributed by atoms with Gasteiger partial charge < -0.3 is 31.0 Å². The Hall–Kier alpha value is -3.48. The number of imidazole rings is 1. The van der Waals surface area contributed by atoms with Crippen molar-refractivity contribution in [2.24, 2.45) is 0 Å². The Morgan fingerprint density at radius 1 is 1.41 bits per heavy atom. The Kier molecular flexibility index (Phi) is 6.55. The van der Waals surface area contributed by atoms with Gasteiger partial charge in [-0.15, -0.1) is 4.52 Å². The fourth-order valence-electron chi connectivity index (χ4n) is 3.22. The van der Waals surface area contributed by atoms with Gasteiger partial charge in [0.1, 0.15) is 0 Å². The molecule has 176 valence electrons. The molecule has 1 saturated carbocycles. The molecule has 1 unspecified atom stereocenters. The van der Waals surface area contributed by atoms with Gasteiger partial charge in [-0.25, -0.2) is 4.98 Å². The van der Waals surface area contributed by atoms with Crippen molar-refractivity contribution >= 4 is 40.5 Å². The molecule has 0 aliphatic heterocycles. The third kappa shape index (κ3) is 5.03. The first-order valence-electron chi connectivity index (χ1n) is 10.7. The van der Waals surface area contributed by atoms with E-state index in [2.05, 4.69) is 41.9 Å². The molecule has 0 radical (unpaired) electrons. The predicted molar refractivity (Wildman–Crippen MR) is 127 cm³/mol. The van der Waals surface area contributed by atoms with E-state index in [1.165, 1.54) is 22.8 Å². The van der Waals surface area contributed by atoms with Crippen molar-refractivity contribution < 1.29 is 10.2 Å². The molecule has 1 aliphatic carbocycles. The molecule has 2 aromatic heterocycles. The van der Waals surface area contributed by atoms with Crippen molar-refractivity contribution in [1.29, 1.82) is 5.26 Å². The lowest BCUT2D eigenvalue weighted by molar-refractivity contribution is 0.136. The first-order valence-corrected chi connectivity index (χ1v) is 11.1. The fourth-order valence-corrected chi connectivity index (χ4v) is 3.50. The maximum atomic E-state index is 10.8. The molecule has 0 bridgehead atoms. The molecule has 4 rings (SSSR count). The average Bonchev–Trinajstić information content (AvgIpc) is 3.54. The molecule has 0 amide bonds. The van der Waals surface area contributed by atoms with E-state index in [-0.39, 0.29) is 35.5 Å². The first kappa shape index (κ1) is 23.7. The highest BCUT2D eigenvalue weighted by molar-refractivity contribution is 6.34. The van der Waals surface area contributed by atoms with Crippen molar-refractivity contribution in [3.63, 3.8) is 0 Å². The summed E-state index contributed by atoms with van der Waals surface area (Å²) in [5.74, 6) is 0.860. The number of benzene rings is 1. The zero-order valence-electron chi connectivity index (χ0n) is 18.7. The van der Waals surface area contributed by atoms with Crippen LogP contribution < -0.4 is 16.0 Å². The van der Waals surface area contributed by atoms with Gasteiger partial charge in [0.05, 0.1) is 41.3 Å². The van der Waals surface area contributed by atoms with Crippen LogP contribution in [0.5, 0.6) is 0 Å². The lowest BCUT2D eigenvalue weighted by Crippen LogP contribution is -2.44. The number of β-amino-alcohol motifs (C(OH)–C–C–N with tert-alkyl or cyclic N) is 1. The van der Waals surface area contributed by atoms with Crippen molar-refractivity contribution in [3.05, 3.63) is 45.9 Å². The van der Waals surface area contributed by atoms with Crippen molar-refractivity contribution in [3.8, 4) is 6.07 Å². The molecule has 1 aromatic carbocycles. The normalized spacial score (nSPS) is 14.4. The fraction of sp³-hybridized carbons (Fsp3) is 0.409. The molecule has 5 N–H and O–H groups in total. The van der Waals surface area contributed by atoms with E-state index in [1.54, 1.807) is 13.8 Å². The Morgan fingerprint density at radius 2 is 2.18 bits per heavy atom. The van der Waals surface area contributed by atoms with Gasteiger partial charge in [0, 0.05) is 23.7 Å². The number of halogens is 1. The van der Waals surface area contributed by atoms with E-state index < -0.39 is 11.6 Å². The van der Waals surface area contributed by atoms with Crippen LogP contribution in [0.15, 0.2) is 18.3 Å². The zero-order valence-corrected chi connectivity index (χ0v) is 19.4. The van der Waals surface area contributed by atoms with E-state index in [4.69, 9.17) is 18.2 Å². The minimum atomic E-state index is -1.04. The maximum Gasteiger partial charge on any atom is 0.275 e. The van der Waals surface area contributed by atoms with Crippen molar-refractivity contribution in [2.75, 3.05) is 23.8 Å². The van der Waals surface area contributed by atoms with E-state index >= 15 is 0 Å². The highest BCUT2D eigenvalue weighted by atomic mass is 35.5. The number of aromatic nitrogens is 4. The second-order valence-electron chi connectivity index (χ2n) is 8.77. The summed E-state index contributed by atoms with van der Waals surface area (Å²) in [5.41, 5.74) is 0.794. The molecule has 11 nitrogen and oxygen atoms in total. The summed E-state index contributed by atoms with van der Waals surface area (Å²) in [6.07, 6.45) is 2.43. The van der Waals surface area contributed by atoms with E-state index in [0.717, 1.165) is 12.8 Å². The van der Waals surface area contributed by atoms with Crippen LogP contribution in [0, 0.1) is 17.9 Å². The third-order valence-electron chi connectivity index (χ3n) is 5.38. The standard InChI is InChI=1S/C22H24ClN9O2/c1-22(2,11-33)27-9-16(34)14-6-12(8-24)7-15(18(14)23)29-21-30-19(28-13-4-5-13)20-26-10-17(25-3)32(20)31-21/h6-7,10,13,16,27,33-34H,4-5,9,11H2,1-2H3,(H2,28,29,30,31). The molecule has 1 atom stereocenters. The number of nitrogens with one attached hydrogen (secondary N) is 3. The Bertz CT molecular complexity index is 1300. The highest BCUT2D eigenvalue weighted by Crippen LogP contribution is 2.34. The SMILES string of the molecule is [C-]#[N+]c1cnc2c(NC3CC3)nc(Nc3cc(C#N)cc(C(O)CNC(C)(C)CO)c3Cl)nn12. The minimum absolute atomic E-state index is 0.114. The smallest absolute Gasteiger partial charge is 0.275 e. The molecule has 34 heavy (non-hydrogen) atoms. The van der Waals surface area contributed by atoms with Crippen LogP contribution in [0.3, 0.4) is 0 Å². The number of fused-ring (bicyclic) bond motifs is 1. The number of aliphatic hydroxyl groups is 2. The summed E-state index contributed by atoms with van der Waals surface area (Å²) in [7, 11) is 0. The Morgan fingerprint density at radius 3 is 2.82 bits per heavy atom. The van der Waals surface area contributed by atoms with Crippen LogP contribution in [0.1, 0.15) is 43.9 Å². The number of aliphatic hydroxyl groups excluding tert-OH is 2. The Balaban J connectivity index is 1.69. The molecule has 12 heteroatoms. The summed E-state index contributed by atoms with van der Waals surface area (Å²) in [5, 5.41) is 43.7. The molecule has 3 aromatic rings. The van der Waals surface area contributed by atoms with Gasteiger partial charge in [-0.1, -0.05) is 23.3 Å². The Labute approximate surface area is 201 Å². The third-order valence-corrected chi connectivity index (χ3v) is 5.80. The molecule has 0 spiro atoms. The minimum Gasteiger partial charge on any atom is -0.394 e. The summed E-state index contributed by atoms with van der Waals surface area (Å²) in [6, 6.07) is 5.42. The van der Waals surface area contributed by atoms with Gasteiger partial charge >= 0.3 is 0 Å². The lowest BCUT2D eigenvalue weighted by Gasteiger charge is -2.26. The molecular formula is C22H24ClN9O2. The van der Waals surface area contributed by atoms with Crippen LogP contribution in [-0.2, 0) is 0 Å². The number of hydrogen-bond donors (Lipinski definition) is 5. The summed E-state index contributed by atoms with van der Waals surface area (Å²) in [6.45, 7) is 11.0. The summed E-state index contributed by atoms with van der Waals surface area (Å²) in [4.78, 5) is 12.2. The van der Waals surface area contributed by atoms with Crippen LogP contribution in [0.4, 0.5) is 23.3 Å². The van der Waals surface area contributed by atoms with Crippen LogP contribution in [0.2, 0.25) is 5.02 Å². The molecule has 2 heterocycles. The number of anilines is 3. The largest absolute Gasteiger partial charge is 0.394 e. The molecule has 1 fully saturated rings. The first-order chi connectivity index (χ1) is 16.2. The number of nitrogens with zero attached hydrogens (tertiary/aromatic N) is 6. The maximum absolute atomic E-state index is 10.8.